The van der Waals surface area contributed by atoms with Gasteiger partial charge in [0.1, 0.15) is 5.82 Å². The summed E-state index contributed by atoms with van der Waals surface area (Å²) in [6.45, 7) is 0.855. The van der Waals surface area contributed by atoms with Gasteiger partial charge in [0.05, 0.1) is 11.3 Å². The molecule has 88 valence electrons. The highest BCUT2D eigenvalue weighted by atomic mass is 19.4. The molecule has 0 radical (unpaired) electrons. The fourth-order valence-corrected chi connectivity index (χ4v) is 1.87. The minimum Gasteiger partial charge on any atom is -0.395 e. The maximum atomic E-state index is 12.6. The molecular weight excluding hydrogens is 223 g/mol. The Morgan fingerprint density at radius 1 is 1.38 bits per heavy atom. The fourth-order valence-electron chi connectivity index (χ4n) is 1.87. The monoisotopic (exact) mass is 233 g/mol. The zero-order valence-electron chi connectivity index (χ0n) is 8.51. The first kappa shape index (κ1) is 10.8. The predicted octanol–water partition coefficient (Wildman–Crippen LogP) is 0.899. The molecule has 2 N–H and O–H groups in total. The van der Waals surface area contributed by atoms with E-state index in [9.17, 15) is 18.0 Å². The SMILES string of the molecule is CN1CCn2c1c(N)c(C(F)(F)F)cc2=O. The summed E-state index contributed by atoms with van der Waals surface area (Å²) in [5, 5.41) is 0. The molecule has 0 spiro atoms. The number of likely N-dealkylation sites (N-methyl/N-ethyl adjacent to an activating group) is 1. The molecule has 1 aliphatic rings. The van der Waals surface area contributed by atoms with Crippen molar-refractivity contribution in [2.45, 2.75) is 12.7 Å². The third-order valence-electron chi connectivity index (χ3n) is 2.65. The van der Waals surface area contributed by atoms with Gasteiger partial charge in [0.2, 0.25) is 0 Å². The smallest absolute Gasteiger partial charge is 0.395 e. The number of nitrogens with two attached hydrogens (primary N) is 1. The van der Waals surface area contributed by atoms with Crippen LogP contribution in [0.2, 0.25) is 0 Å². The number of halogens is 3. The Bertz CT molecular complexity index is 492. The number of anilines is 2. The van der Waals surface area contributed by atoms with Crippen LogP contribution in [0.3, 0.4) is 0 Å². The van der Waals surface area contributed by atoms with Crippen LogP contribution < -0.4 is 16.2 Å². The van der Waals surface area contributed by atoms with Gasteiger partial charge in [-0.1, -0.05) is 0 Å². The Kier molecular flexibility index (Phi) is 2.14. The molecule has 1 aromatic heterocycles. The molecule has 0 amide bonds. The molecule has 2 rings (SSSR count). The summed E-state index contributed by atoms with van der Waals surface area (Å²) in [5.41, 5.74) is 3.35. The normalized spacial score (nSPS) is 15.4. The summed E-state index contributed by atoms with van der Waals surface area (Å²) in [6, 6.07) is 0.554. The van der Waals surface area contributed by atoms with Crippen molar-refractivity contribution in [3.05, 3.63) is 22.0 Å². The maximum absolute atomic E-state index is 12.6. The van der Waals surface area contributed by atoms with Crippen molar-refractivity contribution < 1.29 is 13.2 Å². The molecule has 0 saturated carbocycles. The predicted molar refractivity (Wildman–Crippen MR) is 53.4 cm³/mol. The van der Waals surface area contributed by atoms with Gasteiger partial charge < -0.3 is 10.6 Å². The Morgan fingerprint density at radius 3 is 2.56 bits per heavy atom. The van der Waals surface area contributed by atoms with Crippen LogP contribution in [-0.4, -0.2) is 18.2 Å². The van der Waals surface area contributed by atoms with Crippen LogP contribution in [0.15, 0.2) is 10.9 Å². The van der Waals surface area contributed by atoms with E-state index in [1.807, 2.05) is 0 Å². The second-order valence-electron chi connectivity index (χ2n) is 3.70. The number of hydrogen-bond acceptors (Lipinski definition) is 3. The molecule has 0 bridgehead atoms. The van der Waals surface area contributed by atoms with Gasteiger partial charge in [0.25, 0.3) is 5.56 Å². The lowest BCUT2D eigenvalue weighted by atomic mass is 10.2. The molecule has 0 fully saturated rings. The summed E-state index contributed by atoms with van der Waals surface area (Å²) in [5.74, 6) is 0.153. The second-order valence-corrected chi connectivity index (χ2v) is 3.70. The summed E-state index contributed by atoms with van der Waals surface area (Å²) < 4.78 is 39.0. The number of nitrogen functional groups attached to an aromatic ring is 1. The number of alkyl halides is 3. The first-order valence-corrected chi connectivity index (χ1v) is 4.64. The van der Waals surface area contributed by atoms with E-state index in [1.54, 1.807) is 11.9 Å². The van der Waals surface area contributed by atoms with Gasteiger partial charge in [-0.05, 0) is 0 Å². The van der Waals surface area contributed by atoms with E-state index in [1.165, 1.54) is 4.57 Å². The molecule has 1 aliphatic heterocycles. The third kappa shape index (κ3) is 1.43. The minimum atomic E-state index is -4.59. The van der Waals surface area contributed by atoms with Crippen LogP contribution in [0.1, 0.15) is 5.56 Å². The molecule has 7 heteroatoms. The highest BCUT2D eigenvalue weighted by Crippen LogP contribution is 2.37. The average molecular weight is 233 g/mol. The largest absolute Gasteiger partial charge is 0.418 e. The number of rotatable bonds is 0. The van der Waals surface area contributed by atoms with E-state index < -0.39 is 17.3 Å². The van der Waals surface area contributed by atoms with E-state index in [0.29, 0.717) is 19.2 Å². The number of nitrogens with zero attached hydrogens (tertiary/aromatic N) is 2. The minimum absolute atomic E-state index is 0.153. The maximum Gasteiger partial charge on any atom is 0.418 e. The molecule has 0 aromatic carbocycles. The molecule has 2 heterocycles. The van der Waals surface area contributed by atoms with Gasteiger partial charge in [-0.3, -0.25) is 9.36 Å². The van der Waals surface area contributed by atoms with Gasteiger partial charge in [0, 0.05) is 26.2 Å². The number of fused-ring (bicyclic) bond motifs is 1. The molecule has 0 saturated heterocycles. The Balaban J connectivity index is 2.74. The number of aromatic nitrogens is 1. The number of pyridine rings is 1. The standard InChI is InChI=1S/C9H10F3N3O/c1-14-2-3-15-6(16)4-5(9(10,11)12)7(13)8(14)15/h4H,2-3,13H2,1H3. The molecule has 0 atom stereocenters. The van der Waals surface area contributed by atoms with Crippen molar-refractivity contribution in [2.24, 2.45) is 0 Å². The molecule has 16 heavy (non-hydrogen) atoms. The highest BCUT2D eigenvalue weighted by Gasteiger charge is 2.37. The van der Waals surface area contributed by atoms with Gasteiger partial charge >= 0.3 is 6.18 Å². The summed E-state index contributed by atoms with van der Waals surface area (Å²) in [7, 11) is 1.61. The summed E-state index contributed by atoms with van der Waals surface area (Å²) >= 11 is 0. The second kappa shape index (κ2) is 3.16. The fraction of sp³-hybridized carbons (Fsp3) is 0.444. The van der Waals surface area contributed by atoms with Crippen LogP contribution in [0, 0.1) is 0 Å². The van der Waals surface area contributed by atoms with E-state index in [0.717, 1.165) is 0 Å². The van der Waals surface area contributed by atoms with Crippen LogP contribution in [0.4, 0.5) is 24.7 Å². The Hall–Kier alpha value is -1.66. The van der Waals surface area contributed by atoms with Crippen molar-refractivity contribution in [1.82, 2.24) is 4.57 Å². The average Bonchev–Trinajstić information content (AvgIpc) is 2.53. The Morgan fingerprint density at radius 2 is 2.00 bits per heavy atom. The third-order valence-corrected chi connectivity index (χ3v) is 2.65. The van der Waals surface area contributed by atoms with Crippen molar-refractivity contribution in [3.8, 4) is 0 Å². The molecular formula is C9H10F3N3O. The first-order valence-electron chi connectivity index (χ1n) is 4.64. The van der Waals surface area contributed by atoms with Crippen molar-refractivity contribution in [1.29, 1.82) is 0 Å². The quantitative estimate of drug-likeness (QED) is 0.724. The van der Waals surface area contributed by atoms with E-state index in [4.69, 9.17) is 5.73 Å². The molecule has 0 unspecified atom stereocenters. The molecule has 0 aliphatic carbocycles. The summed E-state index contributed by atoms with van der Waals surface area (Å²) in [6.07, 6.45) is -4.59. The lowest BCUT2D eigenvalue weighted by Crippen LogP contribution is -2.24. The van der Waals surface area contributed by atoms with Crippen LogP contribution in [-0.2, 0) is 12.7 Å². The highest BCUT2D eigenvalue weighted by molar-refractivity contribution is 5.69. The van der Waals surface area contributed by atoms with E-state index >= 15 is 0 Å². The lowest BCUT2D eigenvalue weighted by Gasteiger charge is -2.17. The van der Waals surface area contributed by atoms with Crippen molar-refractivity contribution in [3.63, 3.8) is 0 Å². The van der Waals surface area contributed by atoms with Crippen LogP contribution >= 0.6 is 0 Å². The van der Waals surface area contributed by atoms with Crippen LogP contribution in [0.25, 0.3) is 0 Å². The van der Waals surface area contributed by atoms with Gasteiger partial charge in [-0.15, -0.1) is 0 Å². The summed E-state index contributed by atoms with van der Waals surface area (Å²) in [4.78, 5) is 13.0. The zero-order valence-corrected chi connectivity index (χ0v) is 8.51. The Labute approximate surface area is 89.1 Å². The van der Waals surface area contributed by atoms with Crippen molar-refractivity contribution >= 4 is 11.5 Å². The lowest BCUT2D eigenvalue weighted by molar-refractivity contribution is -0.137. The molecule has 4 nitrogen and oxygen atoms in total. The van der Waals surface area contributed by atoms with E-state index in [-0.39, 0.29) is 11.5 Å². The van der Waals surface area contributed by atoms with Gasteiger partial charge in [0.15, 0.2) is 0 Å². The topological polar surface area (TPSA) is 51.3 Å². The molecule has 1 aromatic rings. The first-order chi connectivity index (χ1) is 7.32. The van der Waals surface area contributed by atoms with Gasteiger partial charge in [-0.25, -0.2) is 0 Å². The van der Waals surface area contributed by atoms with E-state index in [2.05, 4.69) is 0 Å². The number of hydrogen-bond donors (Lipinski definition) is 1. The van der Waals surface area contributed by atoms with Gasteiger partial charge in [-0.2, -0.15) is 13.2 Å². The van der Waals surface area contributed by atoms with Crippen molar-refractivity contribution in [2.75, 3.05) is 24.2 Å². The zero-order chi connectivity index (χ0) is 12.1. The van der Waals surface area contributed by atoms with Crippen LogP contribution in [0.5, 0.6) is 0 Å².